The van der Waals surface area contributed by atoms with Crippen LogP contribution >= 0.6 is 23.2 Å². The first-order valence-corrected chi connectivity index (χ1v) is 8.28. The van der Waals surface area contributed by atoms with Crippen LogP contribution in [-0.4, -0.2) is 27.1 Å². The van der Waals surface area contributed by atoms with Crippen molar-refractivity contribution in [1.82, 2.24) is 9.78 Å². The van der Waals surface area contributed by atoms with Crippen LogP contribution in [0.15, 0.2) is 52.3 Å². The van der Waals surface area contributed by atoms with Gasteiger partial charge in [-0.25, -0.2) is 9.48 Å². The summed E-state index contributed by atoms with van der Waals surface area (Å²) in [5, 5.41) is 12.8. The highest BCUT2D eigenvalue weighted by atomic mass is 35.5. The largest absolute Gasteiger partial charge is 0.478 e. The number of carboxylic acid groups (broad SMARTS) is 1. The number of aromatic amines is 1. The summed E-state index contributed by atoms with van der Waals surface area (Å²) in [6, 6.07) is 11.4. The molecule has 0 bridgehead atoms. The Bertz CT molecular complexity index is 1080. The van der Waals surface area contributed by atoms with Gasteiger partial charge >= 0.3 is 5.97 Å². The summed E-state index contributed by atoms with van der Waals surface area (Å²) >= 11 is 12.2. The fourth-order valence-electron chi connectivity index (χ4n) is 2.46. The molecule has 8 heteroatoms. The van der Waals surface area contributed by atoms with E-state index in [1.807, 2.05) is 0 Å². The summed E-state index contributed by atoms with van der Waals surface area (Å²) in [4.78, 5) is 28.2. The molecule has 0 saturated heterocycles. The van der Waals surface area contributed by atoms with Gasteiger partial charge in [-0.15, -0.1) is 0 Å². The molecule has 3 rings (SSSR count). The zero-order valence-electron chi connectivity index (χ0n) is 13.5. The number of carboxylic acids is 1. The number of nitrogens with zero attached hydrogens (tertiary/aromatic N) is 2. The van der Waals surface area contributed by atoms with Crippen LogP contribution in [0.25, 0.3) is 5.69 Å². The van der Waals surface area contributed by atoms with Gasteiger partial charge in [0.25, 0.3) is 5.56 Å². The van der Waals surface area contributed by atoms with Gasteiger partial charge in [0.05, 0.1) is 32.5 Å². The van der Waals surface area contributed by atoms with Gasteiger partial charge in [0.1, 0.15) is 0 Å². The van der Waals surface area contributed by atoms with Gasteiger partial charge in [0, 0.05) is 11.9 Å². The predicted octanol–water partition coefficient (Wildman–Crippen LogP) is 4.23. The number of hydrogen-bond donors (Lipinski definition) is 2. The third-order valence-electron chi connectivity index (χ3n) is 3.75. The van der Waals surface area contributed by atoms with Crippen molar-refractivity contribution in [1.29, 1.82) is 0 Å². The summed E-state index contributed by atoms with van der Waals surface area (Å²) < 4.78 is 1.31. The Morgan fingerprint density at radius 1 is 1.15 bits per heavy atom. The highest BCUT2D eigenvalue weighted by Gasteiger charge is 2.15. The second-order valence-corrected chi connectivity index (χ2v) is 6.26. The summed E-state index contributed by atoms with van der Waals surface area (Å²) in [5.74, 6) is -1.15. The monoisotopic (exact) mass is 389 g/mol. The van der Waals surface area contributed by atoms with Crippen molar-refractivity contribution in [3.63, 3.8) is 0 Å². The van der Waals surface area contributed by atoms with Crippen molar-refractivity contribution in [3.8, 4) is 5.69 Å². The third kappa shape index (κ3) is 3.29. The summed E-state index contributed by atoms with van der Waals surface area (Å²) in [5.41, 5.74) is 1.03. The lowest BCUT2D eigenvalue weighted by Gasteiger charge is -2.03. The van der Waals surface area contributed by atoms with Crippen LogP contribution in [0.5, 0.6) is 0 Å². The third-order valence-corrected chi connectivity index (χ3v) is 4.37. The maximum absolute atomic E-state index is 12.7. The van der Waals surface area contributed by atoms with E-state index in [2.05, 4.69) is 10.1 Å². The van der Waals surface area contributed by atoms with Crippen LogP contribution in [0.2, 0.25) is 10.0 Å². The minimum atomic E-state index is -1.15. The first-order valence-electron chi connectivity index (χ1n) is 7.52. The van der Waals surface area contributed by atoms with Crippen molar-refractivity contribution >= 4 is 41.1 Å². The highest BCUT2D eigenvalue weighted by Crippen LogP contribution is 2.29. The van der Waals surface area contributed by atoms with Gasteiger partial charge in [0.2, 0.25) is 0 Å². The highest BCUT2D eigenvalue weighted by molar-refractivity contribution is 6.34. The molecule has 0 aliphatic heterocycles. The number of para-hydroxylation sites is 2. The molecule has 0 spiro atoms. The Morgan fingerprint density at radius 2 is 1.85 bits per heavy atom. The molecule has 6 nitrogen and oxygen atoms in total. The van der Waals surface area contributed by atoms with Gasteiger partial charge in [-0.2, -0.15) is 0 Å². The number of benzene rings is 2. The number of carbonyl (C=O) groups is 1. The molecule has 0 aliphatic carbocycles. The van der Waals surface area contributed by atoms with Crippen LogP contribution in [0, 0.1) is 6.92 Å². The molecule has 0 radical (unpaired) electrons. The van der Waals surface area contributed by atoms with E-state index >= 15 is 0 Å². The van der Waals surface area contributed by atoms with Crippen LogP contribution < -0.4 is 5.56 Å². The van der Waals surface area contributed by atoms with Gasteiger partial charge in [-0.1, -0.05) is 41.4 Å². The van der Waals surface area contributed by atoms with Crippen molar-refractivity contribution in [3.05, 3.63) is 79.7 Å². The first kappa shape index (κ1) is 18.0. The summed E-state index contributed by atoms with van der Waals surface area (Å²) in [6.07, 6.45) is 1.30. The van der Waals surface area contributed by atoms with Gasteiger partial charge < -0.3 is 5.11 Å². The molecule has 2 aromatic carbocycles. The molecule has 132 valence electrons. The predicted molar refractivity (Wildman–Crippen MR) is 102 cm³/mol. The number of aromatic nitrogens is 2. The fraction of sp³-hybridized carbons (Fsp3) is 0.0556. The topological polar surface area (TPSA) is 87.5 Å². The van der Waals surface area contributed by atoms with Crippen molar-refractivity contribution in [2.45, 2.75) is 6.92 Å². The van der Waals surface area contributed by atoms with E-state index in [1.165, 1.54) is 29.1 Å². The molecule has 0 unspecified atom stereocenters. The number of H-pyrrole nitrogens is 1. The van der Waals surface area contributed by atoms with Crippen molar-refractivity contribution in [2.24, 2.45) is 4.99 Å². The average Bonchev–Trinajstić information content (AvgIpc) is 2.88. The number of aromatic carboxylic acids is 1. The van der Waals surface area contributed by atoms with Crippen molar-refractivity contribution < 1.29 is 9.90 Å². The lowest BCUT2D eigenvalue weighted by Crippen LogP contribution is -2.17. The van der Waals surface area contributed by atoms with E-state index in [0.717, 1.165) is 0 Å². The molecule has 0 fully saturated rings. The zero-order valence-corrected chi connectivity index (χ0v) is 15.0. The Labute approximate surface area is 158 Å². The molecule has 3 aromatic rings. The Morgan fingerprint density at radius 3 is 2.54 bits per heavy atom. The number of aryl methyl sites for hydroxylation is 1. The van der Waals surface area contributed by atoms with E-state index in [-0.39, 0.29) is 27.4 Å². The first-order chi connectivity index (χ1) is 12.4. The van der Waals surface area contributed by atoms with Crippen LogP contribution in [0.3, 0.4) is 0 Å². The minimum absolute atomic E-state index is 0.0478. The maximum Gasteiger partial charge on any atom is 0.337 e. The zero-order chi connectivity index (χ0) is 18.8. The molecular formula is C18H13Cl2N3O3. The second-order valence-electron chi connectivity index (χ2n) is 5.44. The SMILES string of the molecule is Cc1[nH]n(-c2ccccc2Cl)c(=O)c1C=Nc1c(Cl)cccc1C(=O)O. The fourth-order valence-corrected chi connectivity index (χ4v) is 2.91. The molecule has 0 saturated carbocycles. The van der Waals surface area contributed by atoms with Gasteiger partial charge in [-0.05, 0) is 31.2 Å². The number of hydrogen-bond acceptors (Lipinski definition) is 3. The van der Waals surface area contributed by atoms with E-state index in [0.29, 0.717) is 16.4 Å². The molecular weight excluding hydrogens is 377 g/mol. The normalized spacial score (nSPS) is 11.2. The quantitative estimate of drug-likeness (QED) is 0.654. The van der Waals surface area contributed by atoms with Crippen LogP contribution in [0.1, 0.15) is 21.6 Å². The lowest BCUT2D eigenvalue weighted by atomic mass is 10.2. The second kappa shape index (κ2) is 7.19. The molecule has 1 aromatic heterocycles. The van der Waals surface area contributed by atoms with E-state index in [4.69, 9.17) is 23.2 Å². The number of nitrogens with one attached hydrogen (secondary N) is 1. The van der Waals surface area contributed by atoms with Gasteiger partial charge in [-0.3, -0.25) is 14.9 Å². The molecule has 1 heterocycles. The Kier molecular flexibility index (Phi) is 4.97. The molecule has 2 N–H and O–H groups in total. The number of rotatable bonds is 4. The number of halogens is 2. The molecule has 26 heavy (non-hydrogen) atoms. The van der Waals surface area contributed by atoms with E-state index < -0.39 is 5.97 Å². The average molecular weight is 390 g/mol. The van der Waals surface area contributed by atoms with Crippen LogP contribution in [-0.2, 0) is 0 Å². The van der Waals surface area contributed by atoms with E-state index in [1.54, 1.807) is 31.2 Å². The lowest BCUT2D eigenvalue weighted by molar-refractivity contribution is 0.0698. The minimum Gasteiger partial charge on any atom is -0.478 e. The maximum atomic E-state index is 12.7. The van der Waals surface area contributed by atoms with E-state index in [9.17, 15) is 14.7 Å². The van der Waals surface area contributed by atoms with Crippen LogP contribution in [0.4, 0.5) is 5.69 Å². The van der Waals surface area contributed by atoms with Gasteiger partial charge in [0.15, 0.2) is 0 Å². The summed E-state index contributed by atoms with van der Waals surface area (Å²) in [7, 11) is 0. The number of aliphatic imine (C=N–C) groups is 1. The molecule has 0 amide bonds. The summed E-state index contributed by atoms with van der Waals surface area (Å²) in [6.45, 7) is 1.71. The Balaban J connectivity index is 2.09. The molecule has 0 atom stereocenters. The van der Waals surface area contributed by atoms with Crippen molar-refractivity contribution in [2.75, 3.05) is 0 Å². The molecule has 0 aliphatic rings. The standard InChI is InChI=1S/C18H13Cl2N3O3/c1-10-12(9-21-16-11(18(25)26)5-4-7-14(16)20)17(24)23(22-10)15-8-3-2-6-13(15)19/h2-9,22H,1H3,(H,25,26). The smallest absolute Gasteiger partial charge is 0.337 e. The Hall–Kier alpha value is -2.83.